The maximum absolute atomic E-state index is 12.7. The molecule has 144 valence electrons. The van der Waals surface area contributed by atoms with E-state index in [0.717, 1.165) is 36.2 Å². The maximum Gasteiger partial charge on any atom is 0.227 e. The van der Waals surface area contributed by atoms with Gasteiger partial charge in [0, 0.05) is 49.9 Å². The van der Waals surface area contributed by atoms with Crippen LogP contribution in [0.1, 0.15) is 52.5 Å². The quantitative estimate of drug-likeness (QED) is 0.766. The van der Waals surface area contributed by atoms with Gasteiger partial charge in [-0.3, -0.25) is 9.59 Å². The van der Waals surface area contributed by atoms with Crippen LogP contribution in [0.4, 0.5) is 11.4 Å². The molecule has 2 rings (SSSR count). The van der Waals surface area contributed by atoms with E-state index in [0.29, 0.717) is 6.54 Å². The molecular weight excluding hydrogens is 326 g/mol. The smallest absolute Gasteiger partial charge is 0.227 e. The summed E-state index contributed by atoms with van der Waals surface area (Å²) in [5, 5.41) is 3.02. The van der Waals surface area contributed by atoms with Crippen molar-refractivity contribution in [3.05, 3.63) is 23.8 Å². The van der Waals surface area contributed by atoms with E-state index in [-0.39, 0.29) is 29.7 Å². The van der Waals surface area contributed by atoms with E-state index in [1.165, 1.54) is 0 Å². The number of benzene rings is 1. The minimum atomic E-state index is -0.0374. The number of carbonyl (C=O) groups excluding carboxylic acids is 2. The Morgan fingerprint density at radius 2 is 1.85 bits per heavy atom. The highest BCUT2D eigenvalue weighted by molar-refractivity contribution is 5.94. The molecule has 1 aliphatic carbocycles. The van der Waals surface area contributed by atoms with Gasteiger partial charge in [0.05, 0.1) is 0 Å². The van der Waals surface area contributed by atoms with Crippen molar-refractivity contribution < 1.29 is 9.59 Å². The van der Waals surface area contributed by atoms with Crippen molar-refractivity contribution in [3.63, 3.8) is 0 Å². The molecule has 1 aliphatic rings. The molecule has 5 nitrogen and oxygen atoms in total. The van der Waals surface area contributed by atoms with Crippen LogP contribution in [0.2, 0.25) is 0 Å². The van der Waals surface area contributed by atoms with Crippen molar-refractivity contribution in [2.45, 2.75) is 59.5 Å². The molecule has 1 fully saturated rings. The van der Waals surface area contributed by atoms with Crippen LogP contribution in [-0.4, -0.2) is 36.9 Å². The molecule has 26 heavy (non-hydrogen) atoms. The molecule has 2 amide bonds. The van der Waals surface area contributed by atoms with Crippen molar-refractivity contribution in [1.82, 2.24) is 4.90 Å². The van der Waals surface area contributed by atoms with Crippen LogP contribution in [-0.2, 0) is 16.1 Å². The fourth-order valence-corrected chi connectivity index (χ4v) is 3.00. The number of rotatable bonds is 8. The Kier molecular flexibility index (Phi) is 6.68. The van der Waals surface area contributed by atoms with Gasteiger partial charge in [0.25, 0.3) is 0 Å². The van der Waals surface area contributed by atoms with E-state index in [4.69, 9.17) is 0 Å². The van der Waals surface area contributed by atoms with Gasteiger partial charge in [0.1, 0.15) is 0 Å². The summed E-state index contributed by atoms with van der Waals surface area (Å²) in [6.45, 7) is 8.62. The molecule has 0 radical (unpaired) electrons. The zero-order chi connectivity index (χ0) is 19.4. The van der Waals surface area contributed by atoms with Crippen molar-refractivity contribution >= 4 is 23.2 Å². The van der Waals surface area contributed by atoms with Gasteiger partial charge in [0.2, 0.25) is 11.8 Å². The predicted molar refractivity (Wildman–Crippen MR) is 107 cm³/mol. The van der Waals surface area contributed by atoms with Crippen LogP contribution in [0, 0.1) is 11.8 Å². The summed E-state index contributed by atoms with van der Waals surface area (Å²) in [7, 11) is 4.00. The lowest BCUT2D eigenvalue weighted by molar-refractivity contribution is -0.137. The second kappa shape index (κ2) is 8.56. The highest BCUT2D eigenvalue weighted by Crippen LogP contribution is 2.31. The second-order valence-corrected chi connectivity index (χ2v) is 7.88. The number of anilines is 2. The summed E-state index contributed by atoms with van der Waals surface area (Å²) in [4.78, 5) is 28.8. The van der Waals surface area contributed by atoms with E-state index < -0.39 is 0 Å². The molecule has 1 atom stereocenters. The van der Waals surface area contributed by atoms with Crippen LogP contribution >= 0.6 is 0 Å². The van der Waals surface area contributed by atoms with Crippen LogP contribution in [0.25, 0.3) is 0 Å². The third-order valence-electron chi connectivity index (χ3n) is 5.02. The molecule has 0 saturated heterocycles. The molecule has 0 aliphatic heterocycles. The van der Waals surface area contributed by atoms with Gasteiger partial charge >= 0.3 is 0 Å². The number of hydrogen-bond donors (Lipinski definition) is 1. The first-order chi connectivity index (χ1) is 12.2. The molecule has 0 aromatic heterocycles. The summed E-state index contributed by atoms with van der Waals surface area (Å²) in [5.41, 5.74) is 2.93. The average Bonchev–Trinajstić information content (AvgIpc) is 3.43. The van der Waals surface area contributed by atoms with Gasteiger partial charge in [-0.15, -0.1) is 0 Å². The average molecular weight is 360 g/mol. The fourth-order valence-electron chi connectivity index (χ4n) is 3.00. The van der Waals surface area contributed by atoms with Gasteiger partial charge in [-0.05, 0) is 49.9 Å². The normalized spacial score (nSPS) is 14.9. The lowest BCUT2D eigenvalue weighted by atomic mass is 10.1. The van der Waals surface area contributed by atoms with E-state index in [1.807, 2.05) is 51.0 Å². The highest BCUT2D eigenvalue weighted by atomic mass is 16.2. The zero-order valence-corrected chi connectivity index (χ0v) is 17.0. The first kappa shape index (κ1) is 20.3. The minimum absolute atomic E-state index is 0.0374. The number of nitrogens with zero attached hydrogens (tertiary/aromatic N) is 2. The Balaban J connectivity index is 2.30. The third kappa shape index (κ3) is 4.99. The third-order valence-corrected chi connectivity index (χ3v) is 5.02. The molecule has 0 bridgehead atoms. The summed E-state index contributed by atoms with van der Waals surface area (Å²) in [5.74, 6) is 0.401. The van der Waals surface area contributed by atoms with Gasteiger partial charge in [-0.2, -0.15) is 0 Å². The Hall–Kier alpha value is -2.04. The van der Waals surface area contributed by atoms with Gasteiger partial charge in [-0.25, -0.2) is 0 Å². The molecule has 1 aromatic carbocycles. The number of carbonyl (C=O) groups is 2. The molecular formula is C21H33N3O2. The molecule has 5 heteroatoms. The van der Waals surface area contributed by atoms with Crippen molar-refractivity contribution in [2.75, 3.05) is 24.3 Å². The molecule has 1 aromatic rings. The molecule has 1 saturated carbocycles. The maximum atomic E-state index is 12.7. The fraction of sp³-hybridized carbons (Fsp3) is 0.619. The largest absolute Gasteiger partial charge is 0.377 e. The molecule has 0 heterocycles. The van der Waals surface area contributed by atoms with Crippen LogP contribution in [0.15, 0.2) is 18.2 Å². The number of hydrogen-bond acceptors (Lipinski definition) is 3. The Labute approximate surface area is 157 Å². The van der Waals surface area contributed by atoms with Crippen molar-refractivity contribution in [3.8, 4) is 0 Å². The molecule has 1 N–H and O–H groups in total. The summed E-state index contributed by atoms with van der Waals surface area (Å²) in [6.07, 6.45) is 2.88. The Morgan fingerprint density at radius 3 is 2.35 bits per heavy atom. The monoisotopic (exact) mass is 359 g/mol. The van der Waals surface area contributed by atoms with E-state index in [9.17, 15) is 9.59 Å². The van der Waals surface area contributed by atoms with E-state index >= 15 is 0 Å². The molecule has 0 spiro atoms. The lowest BCUT2D eigenvalue weighted by Crippen LogP contribution is -2.40. The van der Waals surface area contributed by atoms with E-state index in [1.54, 1.807) is 0 Å². The SMILES string of the molecule is CC[C@H](C)N(Cc1cc(NC(=O)C2CC2)ccc1N(C)C)C(=O)C(C)C. The topological polar surface area (TPSA) is 52.7 Å². The van der Waals surface area contributed by atoms with Crippen LogP contribution in [0.3, 0.4) is 0 Å². The number of amides is 2. The van der Waals surface area contributed by atoms with Crippen molar-refractivity contribution in [1.29, 1.82) is 0 Å². The molecule has 0 unspecified atom stereocenters. The minimum Gasteiger partial charge on any atom is -0.377 e. The van der Waals surface area contributed by atoms with Gasteiger partial charge in [-0.1, -0.05) is 20.8 Å². The zero-order valence-electron chi connectivity index (χ0n) is 17.0. The van der Waals surface area contributed by atoms with Crippen LogP contribution < -0.4 is 10.2 Å². The summed E-state index contributed by atoms with van der Waals surface area (Å²) >= 11 is 0. The summed E-state index contributed by atoms with van der Waals surface area (Å²) in [6, 6.07) is 6.15. The lowest BCUT2D eigenvalue weighted by Gasteiger charge is -2.32. The first-order valence-electron chi connectivity index (χ1n) is 9.66. The Morgan fingerprint density at radius 1 is 1.19 bits per heavy atom. The van der Waals surface area contributed by atoms with Crippen molar-refractivity contribution in [2.24, 2.45) is 11.8 Å². The first-order valence-corrected chi connectivity index (χ1v) is 9.66. The van der Waals surface area contributed by atoms with Gasteiger partial charge < -0.3 is 15.1 Å². The van der Waals surface area contributed by atoms with Crippen LogP contribution in [0.5, 0.6) is 0 Å². The second-order valence-electron chi connectivity index (χ2n) is 7.88. The van der Waals surface area contributed by atoms with Gasteiger partial charge in [0.15, 0.2) is 0 Å². The Bertz CT molecular complexity index is 651. The van der Waals surface area contributed by atoms with E-state index in [2.05, 4.69) is 24.1 Å². The predicted octanol–water partition coefficient (Wildman–Crippen LogP) is 3.88. The standard InChI is InChI=1S/C21H33N3O2/c1-7-15(4)24(21(26)14(2)3)13-17-12-18(10-11-19(17)23(5)6)22-20(25)16-8-9-16/h10-12,14-16H,7-9,13H2,1-6H3,(H,22,25)/t15-/m0/s1. The summed E-state index contributed by atoms with van der Waals surface area (Å²) < 4.78 is 0. The highest BCUT2D eigenvalue weighted by Gasteiger charge is 2.30. The number of nitrogens with one attached hydrogen (secondary N) is 1.